The highest BCUT2D eigenvalue weighted by atomic mass is 32.2. The van der Waals surface area contributed by atoms with Crippen molar-refractivity contribution in [2.24, 2.45) is 0 Å². The van der Waals surface area contributed by atoms with E-state index in [2.05, 4.69) is 54.3 Å². The van der Waals surface area contributed by atoms with Crippen LogP contribution in [0.15, 0.2) is 30.3 Å². The molecule has 2 heteroatoms. The Balaban J connectivity index is 1.62. The van der Waals surface area contributed by atoms with Crippen molar-refractivity contribution >= 4 is 11.8 Å². The van der Waals surface area contributed by atoms with Crippen molar-refractivity contribution in [3.63, 3.8) is 0 Å². The van der Waals surface area contributed by atoms with E-state index in [1.54, 1.807) is 5.56 Å². The molecule has 98 valence electrons. The molecule has 0 amide bonds. The van der Waals surface area contributed by atoms with Gasteiger partial charge in [0.15, 0.2) is 0 Å². The Bertz CT molecular complexity index is 381. The highest BCUT2D eigenvalue weighted by Gasteiger charge is 2.41. The van der Waals surface area contributed by atoms with Gasteiger partial charge in [0.05, 0.1) is 4.87 Å². The summed E-state index contributed by atoms with van der Waals surface area (Å²) >= 11 is 2.18. The van der Waals surface area contributed by atoms with Crippen molar-refractivity contribution in [1.29, 1.82) is 0 Å². The van der Waals surface area contributed by atoms with Crippen LogP contribution in [0.1, 0.15) is 50.5 Å². The molecule has 1 aliphatic carbocycles. The summed E-state index contributed by atoms with van der Waals surface area (Å²) < 4.78 is 0. The van der Waals surface area contributed by atoms with Gasteiger partial charge in [0, 0.05) is 11.8 Å². The first kappa shape index (κ1) is 12.6. The van der Waals surface area contributed by atoms with Crippen molar-refractivity contribution in [2.75, 3.05) is 5.75 Å². The quantitative estimate of drug-likeness (QED) is 0.858. The van der Waals surface area contributed by atoms with Crippen molar-refractivity contribution in [3.05, 3.63) is 35.9 Å². The zero-order chi connectivity index (χ0) is 12.4. The van der Waals surface area contributed by atoms with Crippen molar-refractivity contribution in [3.8, 4) is 0 Å². The van der Waals surface area contributed by atoms with Gasteiger partial charge in [-0.1, -0.05) is 37.3 Å². The molecule has 1 unspecified atom stereocenters. The standard InChI is InChI=1S/C16H23NS/c1-2-15-12-18-16(17-15)10-8-14(9-11-16)13-6-4-3-5-7-13/h3-7,14-15,17H,2,8-12H2,1H3. The Labute approximate surface area is 115 Å². The smallest absolute Gasteiger partial charge is 0.0648 e. The summed E-state index contributed by atoms with van der Waals surface area (Å²) in [5.74, 6) is 2.10. The fourth-order valence-electron chi connectivity index (χ4n) is 3.37. The average molecular weight is 261 g/mol. The minimum Gasteiger partial charge on any atom is -0.299 e. The van der Waals surface area contributed by atoms with Crippen molar-refractivity contribution < 1.29 is 0 Å². The third-order valence-electron chi connectivity index (χ3n) is 4.59. The molecule has 1 aromatic carbocycles. The van der Waals surface area contributed by atoms with Gasteiger partial charge in [-0.3, -0.25) is 5.32 Å². The normalized spacial score (nSPS) is 36.1. The maximum atomic E-state index is 3.89. The Hall–Kier alpha value is -0.470. The summed E-state index contributed by atoms with van der Waals surface area (Å²) in [7, 11) is 0. The number of benzene rings is 1. The van der Waals surface area contributed by atoms with Gasteiger partial charge in [0.2, 0.25) is 0 Å². The molecular formula is C16H23NS. The second kappa shape index (κ2) is 5.26. The maximum Gasteiger partial charge on any atom is 0.0648 e. The molecule has 1 aliphatic heterocycles. The molecule has 0 radical (unpaired) electrons. The first-order valence-electron chi connectivity index (χ1n) is 7.28. The molecular weight excluding hydrogens is 238 g/mol. The second-order valence-corrected chi connectivity index (χ2v) is 7.14. The van der Waals surface area contributed by atoms with Gasteiger partial charge in [-0.15, -0.1) is 11.8 Å². The maximum absolute atomic E-state index is 3.89. The molecule has 18 heavy (non-hydrogen) atoms. The monoisotopic (exact) mass is 261 g/mol. The Morgan fingerprint density at radius 2 is 1.94 bits per heavy atom. The van der Waals surface area contributed by atoms with E-state index in [4.69, 9.17) is 0 Å². The second-order valence-electron chi connectivity index (χ2n) is 5.74. The van der Waals surface area contributed by atoms with E-state index < -0.39 is 0 Å². The van der Waals surface area contributed by atoms with Crippen molar-refractivity contribution in [2.45, 2.75) is 55.9 Å². The summed E-state index contributed by atoms with van der Waals surface area (Å²) in [6.07, 6.45) is 6.65. The molecule has 1 spiro atoms. The van der Waals surface area contributed by atoms with Gasteiger partial charge in [0.1, 0.15) is 0 Å². The van der Waals surface area contributed by atoms with Crippen LogP contribution >= 0.6 is 11.8 Å². The fraction of sp³-hybridized carbons (Fsp3) is 0.625. The Morgan fingerprint density at radius 1 is 1.22 bits per heavy atom. The minimum atomic E-state index is 0.423. The molecule has 1 heterocycles. The molecule has 1 nitrogen and oxygen atoms in total. The molecule has 0 bridgehead atoms. The largest absolute Gasteiger partial charge is 0.299 e. The van der Waals surface area contributed by atoms with E-state index in [9.17, 15) is 0 Å². The highest BCUT2D eigenvalue weighted by Crippen LogP contribution is 2.46. The van der Waals surface area contributed by atoms with Crippen LogP contribution in [0, 0.1) is 0 Å². The number of hydrogen-bond donors (Lipinski definition) is 1. The Kier molecular flexibility index (Phi) is 3.67. The van der Waals surface area contributed by atoms with Gasteiger partial charge in [-0.25, -0.2) is 0 Å². The summed E-state index contributed by atoms with van der Waals surface area (Å²) in [5.41, 5.74) is 1.54. The van der Waals surface area contributed by atoms with E-state index in [0.29, 0.717) is 4.87 Å². The van der Waals surface area contributed by atoms with Gasteiger partial charge < -0.3 is 0 Å². The lowest BCUT2D eigenvalue weighted by atomic mass is 9.81. The van der Waals surface area contributed by atoms with Crippen LogP contribution in [0.5, 0.6) is 0 Å². The van der Waals surface area contributed by atoms with E-state index in [1.165, 1.54) is 37.9 Å². The zero-order valence-corrected chi connectivity index (χ0v) is 12.0. The third kappa shape index (κ3) is 2.46. The SMILES string of the molecule is CCC1CSC2(CCC(c3ccccc3)CC2)N1. The number of nitrogens with one attached hydrogen (secondary N) is 1. The van der Waals surface area contributed by atoms with Crippen molar-refractivity contribution in [1.82, 2.24) is 5.32 Å². The average Bonchev–Trinajstić information content (AvgIpc) is 2.84. The molecule has 1 N–H and O–H groups in total. The van der Waals surface area contributed by atoms with E-state index >= 15 is 0 Å². The van der Waals surface area contributed by atoms with Crippen LogP contribution in [0.2, 0.25) is 0 Å². The van der Waals surface area contributed by atoms with Crippen LogP contribution in [0.4, 0.5) is 0 Å². The molecule has 2 aliphatic rings. The van der Waals surface area contributed by atoms with Gasteiger partial charge >= 0.3 is 0 Å². The lowest BCUT2D eigenvalue weighted by Crippen LogP contribution is -2.43. The Morgan fingerprint density at radius 3 is 2.56 bits per heavy atom. The predicted molar refractivity (Wildman–Crippen MR) is 80.1 cm³/mol. The molecule has 1 saturated carbocycles. The van der Waals surface area contributed by atoms with Crippen LogP contribution in [0.3, 0.4) is 0 Å². The lowest BCUT2D eigenvalue weighted by molar-refractivity contribution is 0.303. The summed E-state index contributed by atoms with van der Waals surface area (Å²) in [5, 5.41) is 3.89. The number of thioether (sulfide) groups is 1. The number of rotatable bonds is 2. The molecule has 0 aromatic heterocycles. The minimum absolute atomic E-state index is 0.423. The molecule has 1 atom stereocenters. The third-order valence-corrected chi connectivity index (χ3v) is 6.23. The van der Waals surface area contributed by atoms with Gasteiger partial charge in [-0.2, -0.15) is 0 Å². The zero-order valence-electron chi connectivity index (χ0n) is 11.2. The number of hydrogen-bond acceptors (Lipinski definition) is 2. The lowest BCUT2D eigenvalue weighted by Gasteiger charge is -2.37. The predicted octanol–water partition coefficient (Wildman–Crippen LogP) is 4.16. The van der Waals surface area contributed by atoms with Crippen LogP contribution in [-0.4, -0.2) is 16.7 Å². The van der Waals surface area contributed by atoms with Gasteiger partial charge in [-0.05, 0) is 43.6 Å². The molecule has 1 aromatic rings. The van der Waals surface area contributed by atoms with Crippen LogP contribution in [-0.2, 0) is 0 Å². The summed E-state index contributed by atoms with van der Waals surface area (Å²) in [6, 6.07) is 11.8. The van der Waals surface area contributed by atoms with Crippen LogP contribution < -0.4 is 5.32 Å². The van der Waals surface area contributed by atoms with E-state index in [0.717, 1.165) is 12.0 Å². The first-order chi connectivity index (χ1) is 8.81. The molecule has 1 saturated heterocycles. The fourth-order valence-corrected chi connectivity index (χ4v) is 4.98. The van der Waals surface area contributed by atoms with E-state index in [-0.39, 0.29) is 0 Å². The topological polar surface area (TPSA) is 12.0 Å². The molecule has 2 fully saturated rings. The molecule has 3 rings (SSSR count). The first-order valence-corrected chi connectivity index (χ1v) is 8.26. The summed E-state index contributed by atoms with van der Waals surface area (Å²) in [4.78, 5) is 0.423. The van der Waals surface area contributed by atoms with E-state index in [1.807, 2.05) is 0 Å². The van der Waals surface area contributed by atoms with Gasteiger partial charge in [0.25, 0.3) is 0 Å². The summed E-state index contributed by atoms with van der Waals surface area (Å²) in [6.45, 7) is 2.30. The van der Waals surface area contributed by atoms with Crippen LogP contribution in [0.25, 0.3) is 0 Å². The highest BCUT2D eigenvalue weighted by molar-refractivity contribution is 8.00.